The van der Waals surface area contributed by atoms with Gasteiger partial charge < -0.3 is 4.90 Å². The van der Waals surface area contributed by atoms with Gasteiger partial charge in [-0.2, -0.15) is 0 Å². The summed E-state index contributed by atoms with van der Waals surface area (Å²) in [6.45, 7) is 2.68. The van der Waals surface area contributed by atoms with Gasteiger partial charge in [0.15, 0.2) is 0 Å². The monoisotopic (exact) mass is 299 g/mol. The van der Waals surface area contributed by atoms with Gasteiger partial charge in [-0.1, -0.05) is 17.7 Å². The highest BCUT2D eigenvalue weighted by atomic mass is 35.5. The minimum atomic E-state index is 0.0924. The summed E-state index contributed by atoms with van der Waals surface area (Å²) in [4.78, 5) is 14.7. The van der Waals surface area contributed by atoms with E-state index in [9.17, 15) is 4.79 Å². The van der Waals surface area contributed by atoms with Gasteiger partial charge in [0.05, 0.1) is 0 Å². The average molecular weight is 300 g/mol. The Morgan fingerprint density at radius 1 is 1.42 bits per heavy atom. The molecule has 0 aliphatic heterocycles. The lowest BCUT2D eigenvalue weighted by Gasteiger charge is -2.38. The van der Waals surface area contributed by atoms with Crippen LogP contribution in [-0.2, 0) is 0 Å². The van der Waals surface area contributed by atoms with Gasteiger partial charge in [0, 0.05) is 29.1 Å². The van der Waals surface area contributed by atoms with Crippen molar-refractivity contribution in [1.82, 2.24) is 4.90 Å². The molecule has 0 N–H and O–H groups in total. The molecule has 1 aliphatic carbocycles. The first-order chi connectivity index (χ1) is 9.13. The van der Waals surface area contributed by atoms with Crippen LogP contribution in [0.15, 0.2) is 18.2 Å². The summed E-state index contributed by atoms with van der Waals surface area (Å²) in [5.41, 5.74) is 1.69. The van der Waals surface area contributed by atoms with Crippen molar-refractivity contribution in [2.45, 2.75) is 38.6 Å². The third-order valence-electron chi connectivity index (χ3n) is 3.74. The molecule has 0 spiro atoms. The van der Waals surface area contributed by atoms with Crippen LogP contribution in [0.5, 0.6) is 0 Å². The Balaban J connectivity index is 2.19. The second-order valence-electron chi connectivity index (χ2n) is 5.09. The lowest BCUT2D eigenvalue weighted by atomic mass is 9.90. The molecule has 0 radical (unpaired) electrons. The van der Waals surface area contributed by atoms with Gasteiger partial charge in [-0.3, -0.25) is 4.79 Å². The molecule has 4 heteroatoms. The van der Waals surface area contributed by atoms with Crippen molar-refractivity contribution in [3.63, 3.8) is 0 Å². The maximum atomic E-state index is 12.7. The minimum Gasteiger partial charge on any atom is -0.336 e. The Bertz CT molecular complexity index is 457. The predicted octanol–water partition coefficient (Wildman–Crippen LogP) is 4.27. The number of alkyl halides is 1. The first-order valence-electron chi connectivity index (χ1n) is 6.76. The molecule has 1 fully saturated rings. The molecule has 0 heterocycles. The van der Waals surface area contributed by atoms with Crippen LogP contribution in [0, 0.1) is 6.92 Å². The number of aryl methyl sites for hydroxylation is 1. The Morgan fingerprint density at radius 2 is 2.16 bits per heavy atom. The first kappa shape index (κ1) is 14.7. The van der Waals surface area contributed by atoms with Gasteiger partial charge in [0.2, 0.25) is 0 Å². The summed E-state index contributed by atoms with van der Waals surface area (Å²) in [5, 5.41) is 0.611. The maximum absolute atomic E-state index is 12.7. The van der Waals surface area contributed by atoms with Crippen LogP contribution >= 0.6 is 23.2 Å². The molecule has 1 aromatic rings. The van der Waals surface area contributed by atoms with Gasteiger partial charge in [-0.15, -0.1) is 11.6 Å². The van der Waals surface area contributed by atoms with Gasteiger partial charge in [-0.25, -0.2) is 0 Å². The van der Waals surface area contributed by atoms with Crippen molar-refractivity contribution in [3.05, 3.63) is 34.3 Å². The number of rotatable bonds is 5. The molecular formula is C15H19Cl2NO. The smallest absolute Gasteiger partial charge is 0.254 e. The van der Waals surface area contributed by atoms with Crippen LogP contribution in [-0.4, -0.2) is 29.3 Å². The van der Waals surface area contributed by atoms with Crippen LogP contribution in [0.25, 0.3) is 0 Å². The fourth-order valence-corrected chi connectivity index (χ4v) is 2.65. The standard InChI is InChI=1S/C15H19Cl2NO/c1-11-6-7-12(17)10-14(11)15(19)18(9-3-8-16)13-4-2-5-13/h6-7,10,13H,2-5,8-9H2,1H3. The molecule has 2 rings (SSSR count). The molecule has 1 saturated carbocycles. The van der Waals surface area contributed by atoms with E-state index in [-0.39, 0.29) is 5.91 Å². The van der Waals surface area contributed by atoms with E-state index >= 15 is 0 Å². The highest BCUT2D eigenvalue weighted by Gasteiger charge is 2.29. The number of carbonyl (C=O) groups is 1. The summed E-state index contributed by atoms with van der Waals surface area (Å²) < 4.78 is 0. The normalized spacial score (nSPS) is 15.1. The number of carbonyl (C=O) groups excluding carboxylic acids is 1. The zero-order valence-corrected chi connectivity index (χ0v) is 12.7. The van der Waals surface area contributed by atoms with Gasteiger partial charge >= 0.3 is 0 Å². The average Bonchev–Trinajstić information content (AvgIpc) is 2.34. The Morgan fingerprint density at radius 3 is 2.74 bits per heavy atom. The first-order valence-corrected chi connectivity index (χ1v) is 7.68. The van der Waals surface area contributed by atoms with Gasteiger partial charge in [0.1, 0.15) is 0 Å². The van der Waals surface area contributed by atoms with E-state index < -0.39 is 0 Å². The maximum Gasteiger partial charge on any atom is 0.254 e. The van der Waals surface area contributed by atoms with Crippen molar-refractivity contribution in [2.75, 3.05) is 12.4 Å². The molecule has 1 aromatic carbocycles. The van der Waals surface area contributed by atoms with Crippen LogP contribution in [0.3, 0.4) is 0 Å². The topological polar surface area (TPSA) is 20.3 Å². The second-order valence-corrected chi connectivity index (χ2v) is 5.90. The summed E-state index contributed by atoms with van der Waals surface area (Å²) in [7, 11) is 0. The number of hydrogen-bond acceptors (Lipinski definition) is 1. The number of nitrogens with zero attached hydrogens (tertiary/aromatic N) is 1. The van der Waals surface area contributed by atoms with E-state index in [1.807, 2.05) is 24.0 Å². The molecule has 0 aromatic heterocycles. The van der Waals surface area contributed by atoms with Crippen molar-refractivity contribution in [2.24, 2.45) is 0 Å². The van der Waals surface area contributed by atoms with Crippen LogP contribution in [0.4, 0.5) is 0 Å². The van der Waals surface area contributed by atoms with Gasteiger partial charge in [0.25, 0.3) is 5.91 Å². The summed E-state index contributed by atoms with van der Waals surface area (Å²) in [5.74, 6) is 0.681. The number of hydrogen-bond donors (Lipinski definition) is 0. The fourth-order valence-electron chi connectivity index (χ4n) is 2.36. The highest BCUT2D eigenvalue weighted by molar-refractivity contribution is 6.31. The van der Waals surface area contributed by atoms with Crippen molar-refractivity contribution in [1.29, 1.82) is 0 Å². The Labute approximate surface area is 124 Å². The quantitative estimate of drug-likeness (QED) is 0.744. The van der Waals surface area contributed by atoms with Crippen LogP contribution < -0.4 is 0 Å². The van der Waals surface area contributed by atoms with E-state index in [0.29, 0.717) is 22.5 Å². The molecule has 19 heavy (non-hydrogen) atoms. The largest absolute Gasteiger partial charge is 0.336 e. The van der Waals surface area contributed by atoms with E-state index in [1.54, 1.807) is 6.07 Å². The minimum absolute atomic E-state index is 0.0924. The Hall–Kier alpha value is -0.730. The summed E-state index contributed by atoms with van der Waals surface area (Å²) >= 11 is 11.8. The molecule has 0 bridgehead atoms. The molecule has 0 unspecified atom stereocenters. The van der Waals surface area contributed by atoms with E-state index in [0.717, 1.165) is 31.4 Å². The van der Waals surface area contributed by atoms with Crippen molar-refractivity contribution < 1.29 is 4.79 Å². The molecule has 104 valence electrons. The number of halogens is 2. The van der Waals surface area contributed by atoms with E-state index in [2.05, 4.69) is 0 Å². The summed E-state index contributed by atoms with van der Waals surface area (Å²) in [6.07, 6.45) is 4.26. The molecule has 0 atom stereocenters. The van der Waals surface area contributed by atoms with E-state index in [1.165, 1.54) is 6.42 Å². The third-order valence-corrected chi connectivity index (χ3v) is 4.24. The third kappa shape index (κ3) is 3.43. The zero-order chi connectivity index (χ0) is 13.8. The second kappa shape index (κ2) is 6.62. The van der Waals surface area contributed by atoms with Crippen molar-refractivity contribution >= 4 is 29.1 Å². The molecule has 1 amide bonds. The highest BCUT2D eigenvalue weighted by Crippen LogP contribution is 2.27. The number of amides is 1. The SMILES string of the molecule is Cc1ccc(Cl)cc1C(=O)N(CCCCl)C1CCC1. The predicted molar refractivity (Wildman–Crippen MR) is 80.2 cm³/mol. The van der Waals surface area contributed by atoms with Gasteiger partial charge in [-0.05, 0) is 50.3 Å². The van der Waals surface area contributed by atoms with E-state index in [4.69, 9.17) is 23.2 Å². The number of benzene rings is 1. The fraction of sp³-hybridized carbons (Fsp3) is 0.533. The molecule has 2 nitrogen and oxygen atoms in total. The molecular weight excluding hydrogens is 281 g/mol. The molecule has 0 saturated heterocycles. The lowest BCUT2D eigenvalue weighted by molar-refractivity contribution is 0.0580. The molecule has 1 aliphatic rings. The lowest BCUT2D eigenvalue weighted by Crippen LogP contribution is -2.45. The van der Waals surface area contributed by atoms with Crippen LogP contribution in [0.2, 0.25) is 5.02 Å². The van der Waals surface area contributed by atoms with Crippen LogP contribution in [0.1, 0.15) is 41.6 Å². The van der Waals surface area contributed by atoms with Crippen molar-refractivity contribution in [3.8, 4) is 0 Å². The Kier molecular flexibility index (Phi) is 5.12. The zero-order valence-electron chi connectivity index (χ0n) is 11.2. The summed E-state index contributed by atoms with van der Waals surface area (Å²) in [6, 6.07) is 5.87.